The monoisotopic (exact) mass is 329 g/mol. The third-order valence-corrected chi connectivity index (χ3v) is 3.41. The Balaban J connectivity index is 2.16. The van der Waals surface area contributed by atoms with Gasteiger partial charge < -0.3 is 16.0 Å². The van der Waals surface area contributed by atoms with Gasteiger partial charge in [-0.2, -0.15) is 0 Å². The highest BCUT2D eigenvalue weighted by molar-refractivity contribution is 9.10. The third kappa shape index (κ3) is 3.45. The molecule has 0 radical (unpaired) electrons. The van der Waals surface area contributed by atoms with Crippen molar-refractivity contribution in [3.8, 4) is 0 Å². The predicted octanol–water partition coefficient (Wildman–Crippen LogP) is 2.39. The van der Waals surface area contributed by atoms with Crippen molar-refractivity contribution in [2.45, 2.75) is 25.4 Å². The highest BCUT2D eigenvalue weighted by Crippen LogP contribution is 2.26. The second kappa shape index (κ2) is 5.09. The first kappa shape index (κ1) is 14.3. The zero-order valence-electron chi connectivity index (χ0n) is 10.9. The maximum atomic E-state index is 13.8. The van der Waals surface area contributed by atoms with Crippen LogP contribution in [0.3, 0.4) is 0 Å². The van der Waals surface area contributed by atoms with E-state index in [-0.39, 0.29) is 17.9 Å². The van der Waals surface area contributed by atoms with Crippen LogP contribution in [-0.4, -0.2) is 29.6 Å². The van der Waals surface area contributed by atoms with Crippen molar-refractivity contribution in [2.75, 3.05) is 13.1 Å². The van der Waals surface area contributed by atoms with Crippen LogP contribution in [0.2, 0.25) is 0 Å². The van der Waals surface area contributed by atoms with Gasteiger partial charge in [0.2, 0.25) is 0 Å². The second-order valence-corrected chi connectivity index (χ2v) is 6.45. The van der Waals surface area contributed by atoms with Crippen LogP contribution in [0, 0.1) is 5.82 Å². The topological polar surface area (TPSA) is 58.4 Å². The fourth-order valence-corrected chi connectivity index (χ4v) is 2.55. The molecule has 1 fully saturated rings. The van der Waals surface area contributed by atoms with Crippen LogP contribution >= 0.6 is 15.9 Å². The zero-order valence-corrected chi connectivity index (χ0v) is 12.5. The zero-order chi connectivity index (χ0) is 14.2. The van der Waals surface area contributed by atoms with E-state index in [0.29, 0.717) is 18.7 Å². The second-order valence-electron chi connectivity index (χ2n) is 5.54. The molecule has 1 heterocycles. The van der Waals surface area contributed by atoms with Crippen LogP contribution in [0.5, 0.6) is 0 Å². The van der Waals surface area contributed by atoms with Crippen molar-refractivity contribution in [2.24, 2.45) is 5.73 Å². The maximum Gasteiger partial charge on any atom is 0.318 e. The molecule has 4 nitrogen and oxygen atoms in total. The highest BCUT2D eigenvalue weighted by Gasteiger charge is 2.33. The minimum Gasteiger partial charge on any atom is -0.329 e. The van der Waals surface area contributed by atoms with Crippen LogP contribution in [0.1, 0.15) is 25.5 Å². The third-order valence-electron chi connectivity index (χ3n) is 2.92. The van der Waals surface area contributed by atoms with Crippen molar-refractivity contribution in [3.05, 3.63) is 34.1 Å². The summed E-state index contributed by atoms with van der Waals surface area (Å²) < 4.78 is 14.6. The van der Waals surface area contributed by atoms with Gasteiger partial charge in [0.15, 0.2) is 0 Å². The van der Waals surface area contributed by atoms with E-state index in [1.165, 1.54) is 6.07 Å². The number of hydrogen-bond donors (Lipinski definition) is 2. The average molecular weight is 330 g/mol. The number of benzene rings is 1. The van der Waals surface area contributed by atoms with Crippen molar-refractivity contribution >= 4 is 22.0 Å². The van der Waals surface area contributed by atoms with Gasteiger partial charge in [0, 0.05) is 28.7 Å². The number of rotatable bonds is 3. The predicted molar refractivity (Wildman–Crippen MR) is 75.2 cm³/mol. The van der Waals surface area contributed by atoms with E-state index in [1.54, 1.807) is 17.0 Å². The molecule has 19 heavy (non-hydrogen) atoms. The van der Waals surface area contributed by atoms with Crippen LogP contribution < -0.4 is 11.1 Å². The molecule has 2 rings (SSSR count). The number of nitrogens with zero attached hydrogens (tertiary/aromatic N) is 1. The summed E-state index contributed by atoms with van der Waals surface area (Å²) >= 11 is 3.31. The van der Waals surface area contributed by atoms with Gasteiger partial charge in [0.25, 0.3) is 0 Å². The normalized spacial score (nSPS) is 19.7. The van der Waals surface area contributed by atoms with Crippen molar-refractivity contribution in [1.29, 1.82) is 0 Å². The van der Waals surface area contributed by atoms with Gasteiger partial charge in [-0.15, -0.1) is 0 Å². The van der Waals surface area contributed by atoms with E-state index in [4.69, 9.17) is 5.73 Å². The number of hydrogen-bond acceptors (Lipinski definition) is 2. The van der Waals surface area contributed by atoms with Gasteiger partial charge >= 0.3 is 6.03 Å². The number of urea groups is 1. The first-order valence-electron chi connectivity index (χ1n) is 6.05. The Bertz CT molecular complexity index is 501. The number of nitrogens with two attached hydrogens (primary N) is 1. The Morgan fingerprint density at radius 1 is 1.58 bits per heavy atom. The first-order valence-corrected chi connectivity index (χ1v) is 6.85. The molecule has 104 valence electrons. The Morgan fingerprint density at radius 2 is 2.26 bits per heavy atom. The molecule has 3 N–H and O–H groups in total. The summed E-state index contributed by atoms with van der Waals surface area (Å²) in [5.41, 5.74) is 5.93. The van der Waals surface area contributed by atoms with E-state index < -0.39 is 5.54 Å². The fraction of sp³-hybridized carbons (Fsp3) is 0.462. The minimum absolute atomic E-state index is 0.206. The van der Waals surface area contributed by atoms with Crippen molar-refractivity contribution in [3.63, 3.8) is 0 Å². The summed E-state index contributed by atoms with van der Waals surface area (Å²) in [5.74, 6) is -0.317. The smallest absolute Gasteiger partial charge is 0.318 e. The van der Waals surface area contributed by atoms with Gasteiger partial charge in [-0.3, -0.25) is 0 Å². The standard InChI is InChI=1S/C13H17BrFN3O/c1-13(2,16)7-18-6-11(17-12(18)19)9-5-8(14)3-4-10(9)15/h3-5,11H,6-7,16H2,1-2H3,(H,17,19). The molecule has 1 aromatic rings. The molecular weight excluding hydrogens is 313 g/mol. The quantitative estimate of drug-likeness (QED) is 0.894. The molecule has 1 saturated heterocycles. The minimum atomic E-state index is -0.470. The lowest BCUT2D eigenvalue weighted by molar-refractivity contribution is 0.207. The number of carbonyl (C=O) groups excluding carboxylic acids is 1. The summed E-state index contributed by atoms with van der Waals surface area (Å²) in [6.45, 7) is 4.57. The Morgan fingerprint density at radius 3 is 2.89 bits per heavy atom. The first-order chi connectivity index (χ1) is 8.76. The molecule has 0 bridgehead atoms. The number of halogens is 2. The van der Waals surface area contributed by atoms with E-state index in [1.807, 2.05) is 13.8 Å². The van der Waals surface area contributed by atoms with Crippen molar-refractivity contribution < 1.29 is 9.18 Å². The summed E-state index contributed by atoms with van der Waals surface area (Å²) in [4.78, 5) is 13.5. The molecule has 6 heteroatoms. The molecule has 0 aromatic heterocycles. The lowest BCUT2D eigenvalue weighted by Gasteiger charge is -2.25. The molecule has 1 unspecified atom stereocenters. The summed E-state index contributed by atoms with van der Waals surface area (Å²) in [6.07, 6.45) is 0. The van der Waals surface area contributed by atoms with E-state index in [9.17, 15) is 9.18 Å². The van der Waals surface area contributed by atoms with Gasteiger partial charge in [0.1, 0.15) is 5.82 Å². The van der Waals surface area contributed by atoms with Crippen LogP contribution in [0.25, 0.3) is 0 Å². The highest BCUT2D eigenvalue weighted by atomic mass is 79.9. The summed E-state index contributed by atoms with van der Waals surface area (Å²) in [6, 6.07) is 4.17. The molecule has 2 amide bonds. The largest absolute Gasteiger partial charge is 0.329 e. The number of amides is 2. The molecule has 0 spiro atoms. The van der Waals surface area contributed by atoms with Crippen LogP contribution in [-0.2, 0) is 0 Å². The molecule has 1 atom stereocenters. The van der Waals surface area contributed by atoms with Crippen molar-refractivity contribution in [1.82, 2.24) is 10.2 Å². The average Bonchev–Trinajstić information content (AvgIpc) is 2.61. The fourth-order valence-electron chi connectivity index (χ4n) is 2.18. The Labute approximate surface area is 120 Å². The van der Waals surface area contributed by atoms with Crippen LogP contribution in [0.15, 0.2) is 22.7 Å². The van der Waals surface area contributed by atoms with Gasteiger partial charge in [-0.1, -0.05) is 15.9 Å². The van der Waals surface area contributed by atoms with Gasteiger partial charge in [0.05, 0.1) is 6.04 Å². The van der Waals surface area contributed by atoms with E-state index in [2.05, 4.69) is 21.2 Å². The molecular formula is C13H17BrFN3O. The Hall–Kier alpha value is -1.14. The summed E-state index contributed by atoms with van der Waals surface area (Å²) in [5, 5.41) is 2.78. The summed E-state index contributed by atoms with van der Waals surface area (Å²) in [7, 11) is 0. The molecule has 1 aromatic carbocycles. The number of nitrogens with one attached hydrogen (secondary N) is 1. The van der Waals surface area contributed by atoms with Gasteiger partial charge in [-0.25, -0.2) is 9.18 Å². The Kier molecular flexibility index (Phi) is 3.82. The van der Waals surface area contributed by atoms with Crippen LogP contribution in [0.4, 0.5) is 9.18 Å². The van der Waals surface area contributed by atoms with E-state index >= 15 is 0 Å². The molecule has 0 aliphatic carbocycles. The lowest BCUT2D eigenvalue weighted by Crippen LogP contribution is -2.46. The lowest BCUT2D eigenvalue weighted by atomic mass is 10.1. The molecule has 1 aliphatic rings. The van der Waals surface area contributed by atoms with E-state index in [0.717, 1.165) is 4.47 Å². The molecule has 0 saturated carbocycles. The SMILES string of the molecule is CC(C)(N)CN1CC(c2cc(Br)ccc2F)NC1=O. The van der Waals surface area contributed by atoms with Gasteiger partial charge in [-0.05, 0) is 32.0 Å². The number of carbonyl (C=O) groups is 1. The maximum absolute atomic E-state index is 13.8. The molecule has 1 aliphatic heterocycles.